The van der Waals surface area contributed by atoms with Gasteiger partial charge in [-0.3, -0.25) is 4.79 Å². The lowest BCUT2D eigenvalue weighted by Gasteiger charge is -2.42. The quantitative estimate of drug-likeness (QED) is 0.154. The molecule has 0 unspecified atom stereocenters. The molecular weight excluding hydrogens is 539 g/mol. The summed E-state index contributed by atoms with van der Waals surface area (Å²) in [6.45, 7) is 2.88. The van der Waals surface area contributed by atoms with Crippen molar-refractivity contribution in [2.75, 3.05) is 5.75 Å². The minimum absolute atomic E-state index is 0.0735. The topological polar surface area (TPSA) is 17.1 Å². The molecule has 0 bridgehead atoms. The van der Waals surface area contributed by atoms with Crippen LogP contribution in [0.5, 0.6) is 0 Å². The Kier molecular flexibility index (Phi) is 8.59. The zero-order valence-corrected chi connectivity index (χ0v) is 16.0. The van der Waals surface area contributed by atoms with E-state index in [1.807, 2.05) is 0 Å². The van der Waals surface area contributed by atoms with E-state index >= 15 is 0 Å². The van der Waals surface area contributed by atoms with E-state index in [2.05, 4.69) is 6.58 Å². The first-order chi connectivity index (χ1) is 14.2. The van der Waals surface area contributed by atoms with Crippen LogP contribution in [-0.2, 0) is 4.79 Å². The molecule has 196 valence electrons. The van der Waals surface area contributed by atoms with Crippen LogP contribution >= 0.6 is 11.8 Å². The maximum Gasteiger partial charge on any atom is 0.460 e. The largest absolute Gasteiger partial charge is 0.460 e. The number of thioether (sulfide) groups is 1. The standard InChI is InChI=1S/C14H9F17OS/c1-2-6(32)33-5-3-4-7(15,16)8(17,18)9(19,20)10(21,22)11(23,24)12(25,26)13(27,28)14(29,30)31/h2H,1,3-5H2. The first-order valence-corrected chi connectivity index (χ1v) is 8.70. The van der Waals surface area contributed by atoms with Crippen LogP contribution in [0.25, 0.3) is 0 Å². The second-order valence-electron chi connectivity index (χ2n) is 6.12. The highest BCUT2D eigenvalue weighted by Crippen LogP contribution is 2.64. The molecule has 1 nitrogen and oxygen atoms in total. The molecule has 0 fully saturated rings. The maximum atomic E-state index is 13.5. The van der Waals surface area contributed by atoms with Gasteiger partial charge in [-0.15, -0.1) is 0 Å². The van der Waals surface area contributed by atoms with Crippen molar-refractivity contribution < 1.29 is 79.4 Å². The number of rotatable bonds is 11. The summed E-state index contributed by atoms with van der Waals surface area (Å²) in [6, 6.07) is 0. The number of alkyl halides is 17. The summed E-state index contributed by atoms with van der Waals surface area (Å²) >= 11 is 0.0735. The van der Waals surface area contributed by atoms with Gasteiger partial charge in [-0.1, -0.05) is 18.3 Å². The van der Waals surface area contributed by atoms with Crippen LogP contribution in [0.1, 0.15) is 12.8 Å². The Morgan fingerprint density at radius 2 is 0.939 bits per heavy atom. The van der Waals surface area contributed by atoms with E-state index < -0.39 is 71.3 Å². The van der Waals surface area contributed by atoms with Gasteiger partial charge >= 0.3 is 47.6 Å². The lowest BCUT2D eigenvalue weighted by molar-refractivity contribution is -0.461. The van der Waals surface area contributed by atoms with Crippen LogP contribution in [0, 0.1) is 0 Å². The van der Waals surface area contributed by atoms with Crippen molar-refractivity contribution >= 4 is 16.9 Å². The van der Waals surface area contributed by atoms with E-state index in [9.17, 15) is 79.4 Å². The average Bonchev–Trinajstić information content (AvgIpc) is 2.62. The lowest BCUT2D eigenvalue weighted by atomic mass is 9.88. The first-order valence-electron chi connectivity index (χ1n) is 7.71. The fourth-order valence-electron chi connectivity index (χ4n) is 1.88. The molecule has 0 aliphatic carbocycles. The highest BCUT2D eigenvalue weighted by molar-refractivity contribution is 8.14. The number of carbonyl (C=O) groups excluding carboxylic acids is 1. The molecule has 0 aromatic rings. The molecule has 0 aromatic carbocycles. The summed E-state index contributed by atoms with van der Waals surface area (Å²) in [5, 5.41) is -0.964. The fraction of sp³-hybridized carbons (Fsp3) is 0.786. The minimum Gasteiger partial charge on any atom is -0.282 e. The third-order valence-electron chi connectivity index (χ3n) is 3.83. The summed E-state index contributed by atoms with van der Waals surface area (Å²) in [5.74, 6) is -57.1. The third-order valence-corrected chi connectivity index (χ3v) is 4.78. The Hall–Kier alpha value is -1.43. The predicted molar refractivity (Wildman–Crippen MR) is 77.6 cm³/mol. The van der Waals surface area contributed by atoms with Crippen LogP contribution < -0.4 is 0 Å². The number of hydrogen-bond donors (Lipinski definition) is 0. The van der Waals surface area contributed by atoms with E-state index in [0.29, 0.717) is 6.08 Å². The van der Waals surface area contributed by atoms with E-state index in [1.54, 1.807) is 0 Å². The van der Waals surface area contributed by atoms with Crippen LogP contribution in [0.4, 0.5) is 74.6 Å². The van der Waals surface area contributed by atoms with Crippen molar-refractivity contribution in [2.24, 2.45) is 0 Å². The third kappa shape index (κ3) is 4.87. The Labute approximate surface area is 176 Å². The van der Waals surface area contributed by atoms with Gasteiger partial charge in [0.25, 0.3) is 0 Å². The second kappa shape index (κ2) is 8.98. The van der Waals surface area contributed by atoms with Gasteiger partial charge in [0, 0.05) is 12.2 Å². The van der Waals surface area contributed by atoms with Crippen molar-refractivity contribution in [1.29, 1.82) is 0 Å². The lowest BCUT2D eigenvalue weighted by Crippen LogP contribution is -2.74. The molecule has 0 rings (SSSR count). The molecule has 0 aliphatic heterocycles. The molecule has 0 N–H and O–H groups in total. The van der Waals surface area contributed by atoms with Crippen LogP contribution in [0.15, 0.2) is 12.7 Å². The van der Waals surface area contributed by atoms with Gasteiger partial charge < -0.3 is 0 Å². The Morgan fingerprint density at radius 1 is 0.606 bits per heavy atom. The van der Waals surface area contributed by atoms with Gasteiger partial charge in [0.2, 0.25) is 5.12 Å². The molecule has 0 heterocycles. The summed E-state index contributed by atoms with van der Waals surface area (Å²) in [6.07, 6.45) is -11.1. The van der Waals surface area contributed by atoms with Crippen molar-refractivity contribution in [3.05, 3.63) is 12.7 Å². The summed E-state index contributed by atoms with van der Waals surface area (Å²) < 4.78 is 222. The van der Waals surface area contributed by atoms with Crippen molar-refractivity contribution in [2.45, 2.75) is 60.5 Å². The van der Waals surface area contributed by atoms with Gasteiger partial charge in [-0.05, 0) is 12.5 Å². The number of hydrogen-bond acceptors (Lipinski definition) is 2. The molecule has 0 aliphatic rings. The average molecular weight is 548 g/mol. The van der Waals surface area contributed by atoms with Crippen LogP contribution in [-0.4, -0.2) is 58.5 Å². The summed E-state index contributed by atoms with van der Waals surface area (Å²) in [7, 11) is 0. The highest BCUT2D eigenvalue weighted by atomic mass is 32.2. The van der Waals surface area contributed by atoms with E-state index in [0.717, 1.165) is 0 Å². The van der Waals surface area contributed by atoms with Crippen LogP contribution in [0.3, 0.4) is 0 Å². The summed E-state index contributed by atoms with van der Waals surface area (Å²) in [5.41, 5.74) is 0. The Morgan fingerprint density at radius 3 is 1.27 bits per heavy atom. The van der Waals surface area contributed by atoms with Crippen molar-refractivity contribution in [3.8, 4) is 0 Å². The molecule has 0 saturated heterocycles. The first kappa shape index (κ1) is 31.6. The second-order valence-corrected chi connectivity index (χ2v) is 7.22. The molecule has 0 saturated carbocycles. The Bertz CT molecular complexity index is 724. The number of halogens is 17. The molecule has 0 radical (unpaired) electrons. The molecular formula is C14H9F17OS. The van der Waals surface area contributed by atoms with E-state index in [4.69, 9.17) is 0 Å². The normalized spacial score (nSPS) is 15.5. The molecule has 0 atom stereocenters. The molecule has 0 spiro atoms. The zero-order chi connectivity index (χ0) is 27.1. The summed E-state index contributed by atoms with van der Waals surface area (Å²) in [4.78, 5) is 10.8. The van der Waals surface area contributed by atoms with Gasteiger partial charge in [0.05, 0.1) is 0 Å². The fourth-order valence-corrected chi connectivity index (χ4v) is 2.49. The predicted octanol–water partition coefficient (Wildman–Crippen LogP) is 7.22. The monoisotopic (exact) mass is 548 g/mol. The smallest absolute Gasteiger partial charge is 0.282 e. The van der Waals surface area contributed by atoms with Crippen molar-refractivity contribution in [3.63, 3.8) is 0 Å². The van der Waals surface area contributed by atoms with Gasteiger partial charge in [-0.2, -0.15) is 74.6 Å². The molecule has 33 heavy (non-hydrogen) atoms. The zero-order valence-electron chi connectivity index (χ0n) is 15.1. The van der Waals surface area contributed by atoms with Gasteiger partial charge in [-0.25, -0.2) is 0 Å². The molecule has 0 amide bonds. The van der Waals surface area contributed by atoms with Gasteiger partial charge in [0.1, 0.15) is 0 Å². The van der Waals surface area contributed by atoms with E-state index in [-0.39, 0.29) is 11.8 Å². The molecule has 19 heteroatoms. The van der Waals surface area contributed by atoms with Gasteiger partial charge in [0.15, 0.2) is 0 Å². The minimum atomic E-state index is -8.63. The maximum absolute atomic E-state index is 13.5. The number of carbonyl (C=O) groups is 1. The van der Waals surface area contributed by atoms with Crippen molar-refractivity contribution in [1.82, 2.24) is 0 Å². The highest BCUT2D eigenvalue weighted by Gasteiger charge is 2.95. The molecule has 0 aromatic heterocycles. The SMILES string of the molecule is C=CC(=O)SCCCC(F)(F)C(F)(F)C(F)(F)C(F)(F)C(F)(F)C(F)(F)C(F)(F)C(F)(F)F. The van der Waals surface area contributed by atoms with Crippen LogP contribution in [0.2, 0.25) is 0 Å². The van der Waals surface area contributed by atoms with E-state index in [1.165, 1.54) is 0 Å². The Balaban J connectivity index is 6.26.